The molecule has 0 bridgehead atoms. The highest BCUT2D eigenvalue weighted by Gasteiger charge is 2.15. The molecule has 0 saturated carbocycles. The van der Waals surface area contributed by atoms with E-state index in [0.717, 1.165) is 5.56 Å². The third-order valence-corrected chi connectivity index (χ3v) is 2.86. The van der Waals surface area contributed by atoms with E-state index in [1.54, 1.807) is 19.1 Å². The summed E-state index contributed by atoms with van der Waals surface area (Å²) in [6.07, 6.45) is 1.06. The number of furan rings is 1. The summed E-state index contributed by atoms with van der Waals surface area (Å²) >= 11 is 0. The maximum absolute atomic E-state index is 11.8. The van der Waals surface area contributed by atoms with Crippen LogP contribution in [0.2, 0.25) is 0 Å². The molecule has 1 atom stereocenters. The van der Waals surface area contributed by atoms with E-state index in [2.05, 4.69) is 5.32 Å². The van der Waals surface area contributed by atoms with Crippen molar-refractivity contribution in [1.82, 2.24) is 5.32 Å². The summed E-state index contributed by atoms with van der Waals surface area (Å²) in [7, 11) is 0. The topological polar surface area (TPSA) is 68.5 Å². The van der Waals surface area contributed by atoms with Gasteiger partial charge in [0.25, 0.3) is 0 Å². The van der Waals surface area contributed by atoms with Crippen LogP contribution in [-0.4, -0.2) is 17.9 Å². The minimum Gasteiger partial charge on any atom is -0.461 e. The van der Waals surface area contributed by atoms with E-state index in [1.165, 1.54) is 6.26 Å². The molecule has 1 aromatic carbocycles. The zero-order chi connectivity index (χ0) is 15.1. The molecule has 1 aromatic heterocycles. The molecular formula is C16H17NO4. The molecule has 1 heterocycles. The lowest BCUT2D eigenvalue weighted by molar-refractivity contribution is 0.0940. The number of Topliss-reactive ketones (excluding diaryl/α,β-unsaturated/α-hetero) is 1. The second-order valence-corrected chi connectivity index (χ2v) is 4.71. The van der Waals surface area contributed by atoms with Gasteiger partial charge in [0.15, 0.2) is 11.5 Å². The van der Waals surface area contributed by atoms with Gasteiger partial charge in [0.05, 0.1) is 6.26 Å². The number of carbonyl (C=O) groups is 2. The zero-order valence-electron chi connectivity index (χ0n) is 11.7. The van der Waals surface area contributed by atoms with Crippen molar-refractivity contribution < 1.29 is 18.7 Å². The molecule has 0 radical (unpaired) electrons. The summed E-state index contributed by atoms with van der Waals surface area (Å²) in [5.41, 5.74) is 0.909. The highest BCUT2D eigenvalue weighted by Crippen LogP contribution is 2.07. The largest absolute Gasteiger partial charge is 0.461 e. The fourth-order valence-electron chi connectivity index (χ4n) is 1.83. The van der Waals surface area contributed by atoms with E-state index in [4.69, 9.17) is 9.15 Å². The lowest BCUT2D eigenvalue weighted by Crippen LogP contribution is -2.34. The Labute approximate surface area is 122 Å². The van der Waals surface area contributed by atoms with Crippen molar-refractivity contribution in [3.8, 4) is 0 Å². The molecule has 2 aromatic rings. The second kappa shape index (κ2) is 7.28. The predicted molar refractivity (Wildman–Crippen MR) is 76.9 cm³/mol. The molecule has 5 heteroatoms. The Balaban J connectivity index is 1.73. The third kappa shape index (κ3) is 4.80. The van der Waals surface area contributed by atoms with Crippen molar-refractivity contribution in [2.45, 2.75) is 26.0 Å². The van der Waals surface area contributed by atoms with Gasteiger partial charge in [-0.05, 0) is 24.6 Å². The number of benzene rings is 1. The molecule has 110 valence electrons. The predicted octanol–water partition coefficient (Wildman–Crippen LogP) is 3.17. The Kier molecular flexibility index (Phi) is 5.15. The van der Waals surface area contributed by atoms with E-state index >= 15 is 0 Å². The molecular weight excluding hydrogens is 270 g/mol. The summed E-state index contributed by atoms with van der Waals surface area (Å²) < 4.78 is 10.1. The lowest BCUT2D eigenvalue weighted by atomic mass is 10.1. The van der Waals surface area contributed by atoms with Gasteiger partial charge < -0.3 is 14.5 Å². The molecule has 2 rings (SSSR count). The van der Waals surface area contributed by atoms with Crippen molar-refractivity contribution >= 4 is 11.9 Å². The van der Waals surface area contributed by atoms with Crippen molar-refractivity contribution in [3.05, 3.63) is 60.1 Å². The normalized spacial score (nSPS) is 11.7. The van der Waals surface area contributed by atoms with Crippen LogP contribution >= 0.6 is 0 Å². The summed E-state index contributed by atoms with van der Waals surface area (Å²) in [4.78, 5) is 23.4. The molecule has 0 aliphatic rings. The Bertz CT molecular complexity index is 578. The van der Waals surface area contributed by atoms with Crippen molar-refractivity contribution in [3.63, 3.8) is 0 Å². The van der Waals surface area contributed by atoms with Gasteiger partial charge in [-0.2, -0.15) is 0 Å². The van der Waals surface area contributed by atoms with Crippen LogP contribution < -0.4 is 5.32 Å². The molecule has 21 heavy (non-hydrogen) atoms. The zero-order valence-corrected chi connectivity index (χ0v) is 11.7. The Morgan fingerprint density at radius 1 is 1.19 bits per heavy atom. The quantitative estimate of drug-likeness (QED) is 0.828. The van der Waals surface area contributed by atoms with Crippen molar-refractivity contribution in [2.24, 2.45) is 0 Å². The standard InChI is InChI=1S/C16H17NO4/c1-12(10-14(18)15-8-5-9-20-15)17-16(19)21-11-13-6-3-2-4-7-13/h2-9,12H,10-11H2,1H3,(H,17,19). The number of carbonyl (C=O) groups excluding carboxylic acids is 2. The number of ether oxygens (including phenoxy) is 1. The van der Waals surface area contributed by atoms with Gasteiger partial charge in [0.1, 0.15) is 6.61 Å². The van der Waals surface area contributed by atoms with Gasteiger partial charge in [0.2, 0.25) is 0 Å². The van der Waals surface area contributed by atoms with Crippen LogP contribution in [0.5, 0.6) is 0 Å². The highest BCUT2D eigenvalue weighted by molar-refractivity contribution is 5.93. The average molecular weight is 287 g/mol. The fraction of sp³-hybridized carbons (Fsp3) is 0.250. The molecule has 0 spiro atoms. The van der Waals surface area contributed by atoms with E-state index < -0.39 is 6.09 Å². The molecule has 0 fully saturated rings. The van der Waals surface area contributed by atoms with Gasteiger partial charge in [-0.3, -0.25) is 4.79 Å². The Hall–Kier alpha value is -2.56. The van der Waals surface area contributed by atoms with Crippen LogP contribution in [0.1, 0.15) is 29.5 Å². The van der Waals surface area contributed by atoms with Crippen LogP contribution in [0.4, 0.5) is 4.79 Å². The van der Waals surface area contributed by atoms with Crippen LogP contribution in [0, 0.1) is 0 Å². The Morgan fingerprint density at radius 2 is 1.95 bits per heavy atom. The van der Waals surface area contributed by atoms with Crippen LogP contribution in [0.3, 0.4) is 0 Å². The summed E-state index contributed by atoms with van der Waals surface area (Å²) in [5, 5.41) is 2.62. The number of amides is 1. The average Bonchev–Trinajstić information content (AvgIpc) is 3.00. The maximum Gasteiger partial charge on any atom is 0.407 e. The van der Waals surface area contributed by atoms with Gasteiger partial charge in [-0.15, -0.1) is 0 Å². The third-order valence-electron chi connectivity index (χ3n) is 2.86. The number of rotatable bonds is 6. The molecule has 1 unspecified atom stereocenters. The highest BCUT2D eigenvalue weighted by atomic mass is 16.5. The van der Waals surface area contributed by atoms with Gasteiger partial charge in [-0.1, -0.05) is 30.3 Å². The summed E-state index contributed by atoms with van der Waals surface area (Å²) in [6, 6.07) is 12.3. The first-order valence-electron chi connectivity index (χ1n) is 6.69. The summed E-state index contributed by atoms with van der Waals surface area (Å²) in [5.74, 6) is 0.136. The summed E-state index contributed by atoms with van der Waals surface area (Å²) in [6.45, 7) is 1.94. The lowest BCUT2D eigenvalue weighted by Gasteiger charge is -2.12. The molecule has 0 saturated heterocycles. The van der Waals surface area contributed by atoms with E-state index in [0.29, 0.717) is 5.76 Å². The van der Waals surface area contributed by atoms with E-state index in [-0.39, 0.29) is 24.9 Å². The number of ketones is 1. The SMILES string of the molecule is CC(CC(=O)c1ccco1)NC(=O)OCc1ccccc1. The first-order chi connectivity index (χ1) is 10.1. The molecule has 0 aliphatic carbocycles. The van der Waals surface area contributed by atoms with Crippen LogP contribution in [0.25, 0.3) is 0 Å². The van der Waals surface area contributed by atoms with Crippen molar-refractivity contribution in [1.29, 1.82) is 0 Å². The smallest absolute Gasteiger partial charge is 0.407 e. The van der Waals surface area contributed by atoms with Gasteiger partial charge >= 0.3 is 6.09 Å². The van der Waals surface area contributed by atoms with Crippen molar-refractivity contribution in [2.75, 3.05) is 0 Å². The van der Waals surface area contributed by atoms with E-state index in [9.17, 15) is 9.59 Å². The van der Waals surface area contributed by atoms with Crippen LogP contribution in [0.15, 0.2) is 53.1 Å². The first kappa shape index (κ1) is 14.8. The first-order valence-corrected chi connectivity index (χ1v) is 6.69. The number of hydrogen-bond acceptors (Lipinski definition) is 4. The molecule has 1 amide bonds. The van der Waals surface area contributed by atoms with Gasteiger partial charge in [-0.25, -0.2) is 4.79 Å². The van der Waals surface area contributed by atoms with Gasteiger partial charge in [0, 0.05) is 12.5 Å². The monoisotopic (exact) mass is 287 g/mol. The number of nitrogens with one attached hydrogen (secondary N) is 1. The molecule has 1 N–H and O–H groups in total. The fourth-order valence-corrected chi connectivity index (χ4v) is 1.83. The molecule has 0 aliphatic heterocycles. The Morgan fingerprint density at radius 3 is 2.62 bits per heavy atom. The minimum atomic E-state index is -0.543. The maximum atomic E-state index is 11.8. The van der Waals surface area contributed by atoms with E-state index in [1.807, 2.05) is 30.3 Å². The number of alkyl carbamates (subject to hydrolysis) is 1. The molecule has 5 nitrogen and oxygen atoms in total. The second-order valence-electron chi connectivity index (χ2n) is 4.71. The number of hydrogen-bond donors (Lipinski definition) is 1. The van der Waals surface area contributed by atoms with Crippen LogP contribution in [-0.2, 0) is 11.3 Å². The minimum absolute atomic E-state index is 0.157.